The second-order valence-electron chi connectivity index (χ2n) is 6.40. The van der Waals surface area contributed by atoms with Crippen LogP contribution >= 0.6 is 15.9 Å². The van der Waals surface area contributed by atoms with E-state index in [1.54, 1.807) is 0 Å². The maximum atomic E-state index is 3.67. The van der Waals surface area contributed by atoms with Gasteiger partial charge < -0.3 is 4.90 Å². The molecule has 0 fully saturated rings. The van der Waals surface area contributed by atoms with Gasteiger partial charge in [-0.25, -0.2) is 0 Å². The topological polar surface area (TPSA) is 3.24 Å². The Labute approximate surface area is 161 Å². The summed E-state index contributed by atoms with van der Waals surface area (Å²) in [5, 5.41) is 0. The summed E-state index contributed by atoms with van der Waals surface area (Å²) < 4.78 is 1.08. The molecule has 0 atom stereocenters. The first kappa shape index (κ1) is 15.4. The van der Waals surface area contributed by atoms with Crippen molar-refractivity contribution in [3.05, 3.63) is 102 Å². The molecule has 5 rings (SSSR count). The fourth-order valence-corrected chi connectivity index (χ4v) is 4.10. The maximum absolute atomic E-state index is 3.67. The van der Waals surface area contributed by atoms with Crippen LogP contribution in [0.15, 0.2) is 102 Å². The molecule has 124 valence electrons. The minimum absolute atomic E-state index is 1.08. The summed E-state index contributed by atoms with van der Waals surface area (Å²) in [6.07, 6.45) is 0. The first-order valence-electron chi connectivity index (χ1n) is 8.66. The highest BCUT2D eigenvalue weighted by atomic mass is 79.9. The average Bonchev–Trinajstić information content (AvgIpc) is 2.81. The van der Waals surface area contributed by atoms with Gasteiger partial charge in [0, 0.05) is 21.3 Å². The lowest BCUT2D eigenvalue weighted by Crippen LogP contribution is -2.10. The number of hydrogen-bond donors (Lipinski definition) is 0. The van der Waals surface area contributed by atoms with Gasteiger partial charge in [0.25, 0.3) is 0 Å². The molecule has 0 aliphatic carbocycles. The van der Waals surface area contributed by atoms with Crippen LogP contribution in [0.2, 0.25) is 0 Å². The number of hydrogen-bond acceptors (Lipinski definition) is 1. The summed E-state index contributed by atoms with van der Waals surface area (Å²) in [5.74, 6) is 0. The Balaban J connectivity index is 1.93. The summed E-state index contributed by atoms with van der Waals surface area (Å²) in [6, 6.07) is 34.4. The quantitative estimate of drug-likeness (QED) is 0.282. The summed E-state index contributed by atoms with van der Waals surface area (Å²) >= 11 is 3.67. The molecule has 0 unspecified atom stereocenters. The number of anilines is 3. The smallest absolute Gasteiger partial charge is 0.0551 e. The van der Waals surface area contributed by atoms with E-state index in [0.717, 1.165) is 10.2 Å². The van der Waals surface area contributed by atoms with Crippen LogP contribution < -0.4 is 4.90 Å². The van der Waals surface area contributed by atoms with E-state index in [1.807, 2.05) is 0 Å². The van der Waals surface area contributed by atoms with Crippen LogP contribution in [0.4, 0.5) is 17.1 Å². The van der Waals surface area contributed by atoms with E-state index in [2.05, 4.69) is 118 Å². The van der Waals surface area contributed by atoms with Crippen molar-refractivity contribution < 1.29 is 0 Å². The Morgan fingerprint density at radius 3 is 1.81 bits per heavy atom. The molecule has 0 bridgehead atoms. The summed E-state index contributed by atoms with van der Waals surface area (Å²) in [4.78, 5) is 2.36. The molecule has 4 aromatic rings. The fraction of sp³-hybridized carbons (Fsp3) is 0. The number of nitrogens with zero attached hydrogens (tertiary/aromatic N) is 1. The molecule has 0 radical (unpaired) electrons. The Morgan fingerprint density at radius 1 is 0.500 bits per heavy atom. The van der Waals surface area contributed by atoms with Crippen molar-refractivity contribution in [1.82, 2.24) is 0 Å². The van der Waals surface area contributed by atoms with Crippen molar-refractivity contribution in [3.63, 3.8) is 0 Å². The van der Waals surface area contributed by atoms with Gasteiger partial charge in [0.1, 0.15) is 0 Å². The van der Waals surface area contributed by atoms with Crippen LogP contribution in [-0.4, -0.2) is 0 Å². The van der Waals surface area contributed by atoms with Gasteiger partial charge >= 0.3 is 0 Å². The average molecular weight is 398 g/mol. The summed E-state index contributed by atoms with van der Waals surface area (Å²) in [7, 11) is 0. The normalized spacial score (nSPS) is 12.0. The number of fused-ring (bicyclic) bond motifs is 5. The maximum Gasteiger partial charge on any atom is 0.0551 e. The molecule has 1 aliphatic rings. The predicted molar refractivity (Wildman–Crippen MR) is 113 cm³/mol. The number of para-hydroxylation sites is 2. The first-order chi connectivity index (χ1) is 12.8. The molecule has 26 heavy (non-hydrogen) atoms. The third-order valence-corrected chi connectivity index (χ3v) is 5.36. The van der Waals surface area contributed by atoms with Crippen LogP contribution in [-0.2, 0) is 0 Å². The van der Waals surface area contributed by atoms with Gasteiger partial charge in [-0.15, -0.1) is 0 Å². The zero-order valence-corrected chi connectivity index (χ0v) is 15.6. The van der Waals surface area contributed by atoms with Crippen molar-refractivity contribution in [3.8, 4) is 22.3 Å². The molecule has 4 aromatic carbocycles. The second kappa shape index (κ2) is 6.15. The highest BCUT2D eigenvalue weighted by Crippen LogP contribution is 2.50. The zero-order valence-electron chi connectivity index (χ0n) is 14.1. The van der Waals surface area contributed by atoms with E-state index in [9.17, 15) is 0 Å². The number of rotatable bonds is 1. The Hall–Kier alpha value is -2.84. The molecule has 0 aromatic heterocycles. The van der Waals surface area contributed by atoms with Crippen LogP contribution in [0, 0.1) is 0 Å². The van der Waals surface area contributed by atoms with Crippen molar-refractivity contribution in [2.45, 2.75) is 0 Å². The standard InChI is InChI=1S/C24H16BrN/c25-17-14-15-22-20-11-5-4-10-19(20)21-12-6-7-13-23(21)26(24(22)16-17)18-8-2-1-3-9-18/h1-16H. The molecule has 2 heteroatoms. The number of halogens is 1. The van der Waals surface area contributed by atoms with Crippen molar-refractivity contribution in [2.24, 2.45) is 0 Å². The second-order valence-corrected chi connectivity index (χ2v) is 7.31. The van der Waals surface area contributed by atoms with Gasteiger partial charge in [0.2, 0.25) is 0 Å². The van der Waals surface area contributed by atoms with Gasteiger partial charge in [-0.3, -0.25) is 0 Å². The largest absolute Gasteiger partial charge is 0.309 e. The van der Waals surface area contributed by atoms with Crippen molar-refractivity contribution in [1.29, 1.82) is 0 Å². The Bertz CT molecular complexity index is 1100. The third-order valence-electron chi connectivity index (χ3n) is 4.87. The van der Waals surface area contributed by atoms with Crippen LogP contribution in [0.25, 0.3) is 22.3 Å². The minimum atomic E-state index is 1.08. The van der Waals surface area contributed by atoms with Crippen molar-refractivity contribution in [2.75, 3.05) is 4.90 Å². The molecule has 1 aliphatic heterocycles. The molecule has 1 heterocycles. The van der Waals surface area contributed by atoms with E-state index < -0.39 is 0 Å². The van der Waals surface area contributed by atoms with Gasteiger partial charge in [0.15, 0.2) is 0 Å². The van der Waals surface area contributed by atoms with E-state index >= 15 is 0 Å². The highest BCUT2D eigenvalue weighted by Gasteiger charge is 2.25. The Kier molecular flexibility index (Phi) is 3.65. The first-order valence-corrected chi connectivity index (χ1v) is 9.46. The SMILES string of the molecule is Brc1ccc2c(c1)N(c1ccccc1)c1ccccc1-c1ccccc1-2. The molecule has 1 nitrogen and oxygen atoms in total. The summed E-state index contributed by atoms with van der Waals surface area (Å²) in [6.45, 7) is 0. The monoisotopic (exact) mass is 397 g/mol. The third kappa shape index (κ3) is 2.38. The molecule has 0 saturated heterocycles. The van der Waals surface area contributed by atoms with Gasteiger partial charge in [-0.05, 0) is 41.5 Å². The lowest BCUT2D eigenvalue weighted by Gasteiger charge is -2.27. The van der Waals surface area contributed by atoms with Gasteiger partial charge in [-0.2, -0.15) is 0 Å². The highest BCUT2D eigenvalue weighted by molar-refractivity contribution is 9.10. The van der Waals surface area contributed by atoms with Gasteiger partial charge in [0.05, 0.1) is 11.4 Å². The Morgan fingerprint density at radius 2 is 1.08 bits per heavy atom. The van der Waals surface area contributed by atoms with E-state index in [-0.39, 0.29) is 0 Å². The summed E-state index contributed by atoms with van der Waals surface area (Å²) in [5.41, 5.74) is 8.56. The lowest BCUT2D eigenvalue weighted by atomic mass is 9.95. The van der Waals surface area contributed by atoms with E-state index in [0.29, 0.717) is 0 Å². The predicted octanol–water partition coefficient (Wildman–Crippen LogP) is 7.57. The van der Waals surface area contributed by atoms with E-state index in [4.69, 9.17) is 0 Å². The van der Waals surface area contributed by atoms with Crippen LogP contribution in [0.3, 0.4) is 0 Å². The molecule has 0 N–H and O–H groups in total. The molecule has 0 saturated carbocycles. The number of benzene rings is 4. The van der Waals surface area contributed by atoms with E-state index in [1.165, 1.54) is 33.6 Å². The lowest BCUT2D eigenvalue weighted by molar-refractivity contribution is 1.29. The fourth-order valence-electron chi connectivity index (χ4n) is 3.75. The molecular formula is C24H16BrN. The van der Waals surface area contributed by atoms with Crippen LogP contribution in [0.1, 0.15) is 0 Å². The zero-order chi connectivity index (χ0) is 17.5. The van der Waals surface area contributed by atoms with Crippen LogP contribution in [0.5, 0.6) is 0 Å². The van der Waals surface area contributed by atoms with Crippen molar-refractivity contribution >= 4 is 33.0 Å². The molecule has 0 amide bonds. The minimum Gasteiger partial charge on any atom is -0.309 e. The van der Waals surface area contributed by atoms with Gasteiger partial charge in [-0.1, -0.05) is 82.7 Å². The molecular weight excluding hydrogens is 382 g/mol. The molecule has 0 spiro atoms.